The van der Waals surface area contributed by atoms with E-state index in [9.17, 15) is 0 Å². The number of nitrogens with zero attached hydrogens (tertiary/aromatic N) is 2. The van der Waals surface area contributed by atoms with E-state index in [1.165, 1.54) is 29.8 Å². The van der Waals surface area contributed by atoms with Crippen molar-refractivity contribution < 1.29 is 0 Å². The average molecular weight is 270 g/mol. The third-order valence-electron chi connectivity index (χ3n) is 3.71. The molecule has 3 N–H and O–H groups in total. The summed E-state index contributed by atoms with van der Waals surface area (Å²) in [6.07, 6.45) is 5.47. The molecule has 1 heterocycles. The molecule has 1 fully saturated rings. The lowest BCUT2D eigenvalue weighted by Gasteiger charge is -2.10. The van der Waals surface area contributed by atoms with E-state index in [4.69, 9.17) is 5.73 Å². The molecule has 0 aliphatic heterocycles. The van der Waals surface area contributed by atoms with Crippen LogP contribution in [0.25, 0.3) is 5.69 Å². The summed E-state index contributed by atoms with van der Waals surface area (Å²) in [6.45, 7) is 3.75. The molecule has 0 amide bonds. The number of aryl methyl sites for hydroxylation is 1. The standard InChI is InChI=1S/C16H22N4/c1-12-4-2-5-14(10-12)20-16(13-6-7-13)15(11-19-20)18-9-3-8-17/h2,4-5,10-11,13,18H,3,6-9,17H2,1H3. The normalized spacial score (nSPS) is 14.5. The van der Waals surface area contributed by atoms with Crippen LogP contribution in [0.2, 0.25) is 0 Å². The van der Waals surface area contributed by atoms with Crippen molar-refractivity contribution in [3.8, 4) is 5.69 Å². The van der Waals surface area contributed by atoms with Gasteiger partial charge in [-0.15, -0.1) is 0 Å². The topological polar surface area (TPSA) is 55.9 Å². The first-order valence-electron chi connectivity index (χ1n) is 7.38. The maximum atomic E-state index is 5.55. The Kier molecular flexibility index (Phi) is 3.74. The molecule has 0 atom stereocenters. The fourth-order valence-corrected chi connectivity index (χ4v) is 2.53. The third kappa shape index (κ3) is 2.70. The molecular formula is C16H22N4. The fourth-order valence-electron chi connectivity index (χ4n) is 2.53. The largest absolute Gasteiger partial charge is 0.382 e. The first kappa shape index (κ1) is 13.2. The van der Waals surface area contributed by atoms with Gasteiger partial charge in [-0.1, -0.05) is 12.1 Å². The van der Waals surface area contributed by atoms with Crippen LogP contribution in [0.1, 0.15) is 36.4 Å². The van der Waals surface area contributed by atoms with Crippen LogP contribution in [-0.4, -0.2) is 22.9 Å². The van der Waals surface area contributed by atoms with E-state index in [1.807, 2.05) is 6.20 Å². The molecule has 0 radical (unpaired) electrons. The molecule has 1 aliphatic rings. The average Bonchev–Trinajstić information content (AvgIpc) is 3.20. The van der Waals surface area contributed by atoms with Crippen molar-refractivity contribution in [2.45, 2.75) is 32.1 Å². The van der Waals surface area contributed by atoms with E-state index in [-0.39, 0.29) is 0 Å². The second-order valence-electron chi connectivity index (χ2n) is 5.54. The van der Waals surface area contributed by atoms with Gasteiger partial charge in [0.15, 0.2) is 0 Å². The summed E-state index contributed by atoms with van der Waals surface area (Å²) in [5, 5.41) is 8.07. The number of benzene rings is 1. The van der Waals surface area contributed by atoms with E-state index in [1.54, 1.807) is 0 Å². The lowest BCUT2D eigenvalue weighted by molar-refractivity contribution is 0.806. The van der Waals surface area contributed by atoms with E-state index in [2.05, 4.69) is 46.3 Å². The molecule has 4 nitrogen and oxygen atoms in total. The number of hydrogen-bond donors (Lipinski definition) is 2. The van der Waals surface area contributed by atoms with Gasteiger partial charge < -0.3 is 11.1 Å². The third-order valence-corrected chi connectivity index (χ3v) is 3.71. The van der Waals surface area contributed by atoms with Gasteiger partial charge in [0.25, 0.3) is 0 Å². The first-order chi connectivity index (χ1) is 9.79. The number of rotatable bonds is 6. The summed E-state index contributed by atoms with van der Waals surface area (Å²) in [5.41, 5.74) is 10.5. The summed E-state index contributed by atoms with van der Waals surface area (Å²) >= 11 is 0. The minimum atomic E-state index is 0.651. The van der Waals surface area contributed by atoms with Crippen molar-refractivity contribution >= 4 is 5.69 Å². The molecule has 1 saturated carbocycles. The molecule has 106 valence electrons. The number of nitrogens with two attached hydrogens (primary N) is 1. The smallest absolute Gasteiger partial charge is 0.0766 e. The highest BCUT2D eigenvalue weighted by Gasteiger charge is 2.30. The molecule has 1 aliphatic carbocycles. The van der Waals surface area contributed by atoms with Crippen molar-refractivity contribution in [1.82, 2.24) is 9.78 Å². The molecule has 3 rings (SSSR count). The van der Waals surface area contributed by atoms with Gasteiger partial charge in [0.05, 0.1) is 23.3 Å². The number of nitrogens with one attached hydrogen (secondary N) is 1. The highest BCUT2D eigenvalue weighted by molar-refractivity contribution is 5.53. The Morgan fingerprint density at radius 3 is 2.95 bits per heavy atom. The maximum Gasteiger partial charge on any atom is 0.0766 e. The highest BCUT2D eigenvalue weighted by atomic mass is 15.3. The summed E-state index contributed by atoms with van der Waals surface area (Å²) in [7, 11) is 0. The monoisotopic (exact) mass is 270 g/mol. The SMILES string of the molecule is Cc1cccc(-n2ncc(NCCCN)c2C2CC2)c1. The molecule has 1 aromatic heterocycles. The predicted molar refractivity (Wildman–Crippen MR) is 82.4 cm³/mol. The van der Waals surface area contributed by atoms with E-state index in [0.717, 1.165) is 25.2 Å². The molecule has 20 heavy (non-hydrogen) atoms. The van der Waals surface area contributed by atoms with Gasteiger partial charge in [0, 0.05) is 12.5 Å². The lowest BCUT2D eigenvalue weighted by Crippen LogP contribution is -2.10. The predicted octanol–water partition coefficient (Wildman–Crippen LogP) is 2.82. The van der Waals surface area contributed by atoms with Crippen LogP contribution >= 0.6 is 0 Å². The van der Waals surface area contributed by atoms with Crippen LogP contribution in [-0.2, 0) is 0 Å². The highest BCUT2D eigenvalue weighted by Crippen LogP contribution is 2.44. The fraction of sp³-hybridized carbons (Fsp3) is 0.438. The Balaban J connectivity index is 1.91. The van der Waals surface area contributed by atoms with E-state index >= 15 is 0 Å². The van der Waals surface area contributed by atoms with Gasteiger partial charge in [0.1, 0.15) is 0 Å². The van der Waals surface area contributed by atoms with Crippen molar-refractivity contribution in [3.05, 3.63) is 41.7 Å². The molecule has 4 heteroatoms. The lowest BCUT2D eigenvalue weighted by atomic mass is 10.2. The van der Waals surface area contributed by atoms with Crippen molar-refractivity contribution in [2.24, 2.45) is 5.73 Å². The van der Waals surface area contributed by atoms with Crippen molar-refractivity contribution in [3.63, 3.8) is 0 Å². The molecule has 2 aromatic rings. The zero-order valence-corrected chi connectivity index (χ0v) is 12.0. The maximum absolute atomic E-state index is 5.55. The Morgan fingerprint density at radius 1 is 1.40 bits per heavy atom. The minimum Gasteiger partial charge on any atom is -0.382 e. The van der Waals surface area contributed by atoms with Gasteiger partial charge in [0.2, 0.25) is 0 Å². The van der Waals surface area contributed by atoms with Gasteiger partial charge in [-0.2, -0.15) is 5.10 Å². The Morgan fingerprint density at radius 2 is 2.25 bits per heavy atom. The zero-order chi connectivity index (χ0) is 13.9. The van der Waals surface area contributed by atoms with E-state index < -0.39 is 0 Å². The van der Waals surface area contributed by atoms with Crippen LogP contribution in [0.4, 0.5) is 5.69 Å². The van der Waals surface area contributed by atoms with Crippen LogP contribution in [0, 0.1) is 6.92 Å². The van der Waals surface area contributed by atoms with Crippen LogP contribution in [0.15, 0.2) is 30.5 Å². The number of hydrogen-bond acceptors (Lipinski definition) is 3. The van der Waals surface area contributed by atoms with Crippen LogP contribution in [0.3, 0.4) is 0 Å². The molecule has 0 bridgehead atoms. The first-order valence-corrected chi connectivity index (χ1v) is 7.38. The number of aromatic nitrogens is 2. The second-order valence-corrected chi connectivity index (χ2v) is 5.54. The van der Waals surface area contributed by atoms with Crippen LogP contribution < -0.4 is 11.1 Å². The summed E-state index contributed by atoms with van der Waals surface area (Å²) in [4.78, 5) is 0. The van der Waals surface area contributed by atoms with Crippen molar-refractivity contribution in [2.75, 3.05) is 18.4 Å². The Bertz CT molecular complexity index is 584. The zero-order valence-electron chi connectivity index (χ0n) is 12.0. The van der Waals surface area contributed by atoms with Gasteiger partial charge >= 0.3 is 0 Å². The Hall–Kier alpha value is -1.81. The summed E-state index contributed by atoms with van der Waals surface area (Å²) < 4.78 is 2.09. The molecule has 0 saturated heterocycles. The molecule has 0 spiro atoms. The van der Waals surface area contributed by atoms with Crippen molar-refractivity contribution in [1.29, 1.82) is 0 Å². The van der Waals surface area contributed by atoms with Gasteiger partial charge in [-0.3, -0.25) is 0 Å². The minimum absolute atomic E-state index is 0.651. The molecular weight excluding hydrogens is 248 g/mol. The quantitative estimate of drug-likeness (QED) is 0.794. The summed E-state index contributed by atoms with van der Waals surface area (Å²) in [5.74, 6) is 0.651. The van der Waals surface area contributed by atoms with Crippen LogP contribution in [0.5, 0.6) is 0 Å². The molecule has 1 aromatic carbocycles. The number of anilines is 1. The van der Waals surface area contributed by atoms with Gasteiger partial charge in [-0.05, 0) is 50.4 Å². The van der Waals surface area contributed by atoms with E-state index in [0.29, 0.717) is 5.92 Å². The molecule has 0 unspecified atom stereocenters. The van der Waals surface area contributed by atoms with Gasteiger partial charge in [-0.25, -0.2) is 4.68 Å². The second kappa shape index (κ2) is 5.67. The Labute approximate surface area is 120 Å². The summed E-state index contributed by atoms with van der Waals surface area (Å²) in [6, 6.07) is 8.51.